The average molecular weight is 271 g/mol. The minimum Gasteiger partial charge on any atom is -0.491 e. The summed E-state index contributed by atoms with van der Waals surface area (Å²) in [6.45, 7) is 2.68. The van der Waals surface area contributed by atoms with Crippen molar-refractivity contribution in [3.05, 3.63) is 65.7 Å². The molecule has 106 valence electrons. The average Bonchev–Trinajstić information content (AvgIpc) is 2.50. The van der Waals surface area contributed by atoms with Crippen LogP contribution in [0.25, 0.3) is 0 Å². The molecule has 20 heavy (non-hydrogen) atoms. The Labute approximate surface area is 120 Å². The van der Waals surface area contributed by atoms with E-state index in [0.717, 1.165) is 12.3 Å². The standard InChI is InChI=1S/C17H21NO2/c1-18-13-15-7-9-16(10-8-15)14-19-11-12-20-17-5-3-2-4-6-17/h2-10,18H,11-14H2,1H3. The highest BCUT2D eigenvalue weighted by atomic mass is 16.5. The maximum atomic E-state index is 5.60. The van der Waals surface area contributed by atoms with Crippen LogP contribution in [0.4, 0.5) is 0 Å². The monoisotopic (exact) mass is 271 g/mol. The summed E-state index contributed by atoms with van der Waals surface area (Å²) >= 11 is 0. The van der Waals surface area contributed by atoms with E-state index < -0.39 is 0 Å². The van der Waals surface area contributed by atoms with Gasteiger partial charge in [0.05, 0.1) is 13.2 Å². The van der Waals surface area contributed by atoms with Crippen LogP contribution in [0.3, 0.4) is 0 Å². The van der Waals surface area contributed by atoms with Crippen molar-refractivity contribution in [2.45, 2.75) is 13.2 Å². The van der Waals surface area contributed by atoms with E-state index in [0.29, 0.717) is 19.8 Å². The number of nitrogens with one attached hydrogen (secondary N) is 1. The van der Waals surface area contributed by atoms with Gasteiger partial charge in [-0.25, -0.2) is 0 Å². The van der Waals surface area contributed by atoms with Gasteiger partial charge in [-0.05, 0) is 30.3 Å². The molecule has 0 spiro atoms. The summed E-state index contributed by atoms with van der Waals surface area (Å²) in [5.41, 5.74) is 2.47. The second kappa shape index (κ2) is 8.35. The minimum atomic E-state index is 0.571. The molecule has 0 aliphatic rings. The van der Waals surface area contributed by atoms with Crippen molar-refractivity contribution in [2.24, 2.45) is 0 Å². The van der Waals surface area contributed by atoms with E-state index in [-0.39, 0.29) is 0 Å². The molecule has 3 heteroatoms. The lowest BCUT2D eigenvalue weighted by Crippen LogP contribution is -2.07. The van der Waals surface area contributed by atoms with Crippen LogP contribution in [-0.4, -0.2) is 20.3 Å². The van der Waals surface area contributed by atoms with E-state index in [2.05, 4.69) is 29.6 Å². The number of benzene rings is 2. The fourth-order valence-electron chi connectivity index (χ4n) is 1.88. The predicted molar refractivity (Wildman–Crippen MR) is 80.8 cm³/mol. The molecule has 2 aromatic rings. The van der Waals surface area contributed by atoms with Gasteiger partial charge in [0.25, 0.3) is 0 Å². The Morgan fingerprint density at radius 3 is 2.25 bits per heavy atom. The molecule has 0 saturated carbocycles. The molecule has 0 fully saturated rings. The van der Waals surface area contributed by atoms with Gasteiger partial charge in [-0.1, -0.05) is 42.5 Å². The molecule has 0 amide bonds. The first-order valence-electron chi connectivity index (χ1n) is 6.86. The van der Waals surface area contributed by atoms with E-state index in [9.17, 15) is 0 Å². The van der Waals surface area contributed by atoms with Gasteiger partial charge in [0, 0.05) is 6.54 Å². The Morgan fingerprint density at radius 2 is 1.55 bits per heavy atom. The molecule has 2 rings (SSSR count). The third-order valence-electron chi connectivity index (χ3n) is 2.91. The molecule has 0 saturated heterocycles. The summed E-state index contributed by atoms with van der Waals surface area (Å²) < 4.78 is 11.2. The number of hydrogen-bond acceptors (Lipinski definition) is 3. The Morgan fingerprint density at radius 1 is 0.850 bits per heavy atom. The lowest BCUT2D eigenvalue weighted by molar-refractivity contribution is 0.0889. The zero-order chi connectivity index (χ0) is 14.0. The highest BCUT2D eigenvalue weighted by Gasteiger charge is 1.96. The quantitative estimate of drug-likeness (QED) is 0.749. The topological polar surface area (TPSA) is 30.5 Å². The molecule has 0 aliphatic heterocycles. The first-order chi connectivity index (χ1) is 9.88. The van der Waals surface area contributed by atoms with E-state index in [1.807, 2.05) is 37.4 Å². The lowest BCUT2D eigenvalue weighted by Gasteiger charge is -2.07. The van der Waals surface area contributed by atoms with Crippen molar-refractivity contribution in [3.63, 3.8) is 0 Å². The lowest BCUT2D eigenvalue weighted by atomic mass is 10.1. The predicted octanol–water partition coefficient (Wildman–Crippen LogP) is 3.00. The molecule has 0 radical (unpaired) electrons. The summed E-state index contributed by atoms with van der Waals surface area (Å²) in [5.74, 6) is 0.882. The van der Waals surface area contributed by atoms with Gasteiger partial charge in [-0.3, -0.25) is 0 Å². The molecule has 0 aromatic heterocycles. The highest BCUT2D eigenvalue weighted by Crippen LogP contribution is 2.08. The van der Waals surface area contributed by atoms with Crippen molar-refractivity contribution in [3.8, 4) is 5.75 Å². The number of para-hydroxylation sites is 1. The van der Waals surface area contributed by atoms with Gasteiger partial charge in [-0.2, -0.15) is 0 Å². The van der Waals surface area contributed by atoms with E-state index >= 15 is 0 Å². The van der Waals surface area contributed by atoms with Gasteiger partial charge < -0.3 is 14.8 Å². The van der Waals surface area contributed by atoms with Crippen LogP contribution in [0.5, 0.6) is 5.75 Å². The van der Waals surface area contributed by atoms with Crippen LogP contribution < -0.4 is 10.1 Å². The summed E-state index contributed by atoms with van der Waals surface area (Å²) in [7, 11) is 1.95. The Bertz CT molecular complexity index is 482. The van der Waals surface area contributed by atoms with Crippen molar-refractivity contribution in [1.82, 2.24) is 5.32 Å². The summed E-state index contributed by atoms with van der Waals surface area (Å²) in [6, 6.07) is 18.2. The van der Waals surface area contributed by atoms with Crippen molar-refractivity contribution in [1.29, 1.82) is 0 Å². The Balaban J connectivity index is 1.63. The Kier molecular flexibility index (Phi) is 6.08. The number of hydrogen-bond donors (Lipinski definition) is 1. The molecule has 2 aromatic carbocycles. The van der Waals surface area contributed by atoms with Crippen LogP contribution in [0.1, 0.15) is 11.1 Å². The first kappa shape index (κ1) is 14.6. The summed E-state index contributed by atoms with van der Waals surface area (Å²) in [5, 5.41) is 3.13. The zero-order valence-corrected chi connectivity index (χ0v) is 11.8. The molecule has 0 heterocycles. The van der Waals surface area contributed by atoms with Gasteiger partial charge in [0.1, 0.15) is 12.4 Å². The van der Waals surface area contributed by atoms with Crippen LogP contribution in [0.15, 0.2) is 54.6 Å². The van der Waals surface area contributed by atoms with Crippen LogP contribution in [0.2, 0.25) is 0 Å². The number of ether oxygens (including phenoxy) is 2. The van der Waals surface area contributed by atoms with Crippen molar-refractivity contribution < 1.29 is 9.47 Å². The van der Waals surface area contributed by atoms with Gasteiger partial charge in [-0.15, -0.1) is 0 Å². The van der Waals surface area contributed by atoms with Crippen molar-refractivity contribution in [2.75, 3.05) is 20.3 Å². The van der Waals surface area contributed by atoms with Crippen LogP contribution in [0, 0.1) is 0 Å². The Hall–Kier alpha value is -1.84. The number of rotatable bonds is 8. The largest absolute Gasteiger partial charge is 0.491 e. The van der Waals surface area contributed by atoms with Crippen LogP contribution >= 0.6 is 0 Å². The molecule has 0 bridgehead atoms. The second-order valence-corrected chi connectivity index (χ2v) is 4.56. The molecule has 0 aliphatic carbocycles. The highest BCUT2D eigenvalue weighted by molar-refractivity contribution is 5.22. The van der Waals surface area contributed by atoms with Crippen LogP contribution in [-0.2, 0) is 17.9 Å². The maximum absolute atomic E-state index is 5.60. The van der Waals surface area contributed by atoms with E-state index in [4.69, 9.17) is 9.47 Å². The molecule has 0 atom stereocenters. The molecular weight excluding hydrogens is 250 g/mol. The van der Waals surface area contributed by atoms with Gasteiger partial charge in [0.15, 0.2) is 0 Å². The first-order valence-corrected chi connectivity index (χ1v) is 6.86. The third kappa shape index (κ3) is 5.03. The molecule has 3 nitrogen and oxygen atoms in total. The van der Waals surface area contributed by atoms with E-state index in [1.165, 1.54) is 11.1 Å². The summed E-state index contributed by atoms with van der Waals surface area (Å²) in [4.78, 5) is 0. The van der Waals surface area contributed by atoms with Crippen molar-refractivity contribution >= 4 is 0 Å². The molecule has 1 N–H and O–H groups in total. The SMILES string of the molecule is CNCc1ccc(COCCOc2ccccc2)cc1. The zero-order valence-electron chi connectivity index (χ0n) is 11.8. The fraction of sp³-hybridized carbons (Fsp3) is 0.294. The van der Waals surface area contributed by atoms with Gasteiger partial charge in [0.2, 0.25) is 0 Å². The summed E-state index contributed by atoms with van der Waals surface area (Å²) in [6.07, 6.45) is 0. The molecular formula is C17H21NO2. The second-order valence-electron chi connectivity index (χ2n) is 4.56. The third-order valence-corrected chi connectivity index (χ3v) is 2.91. The van der Waals surface area contributed by atoms with Gasteiger partial charge >= 0.3 is 0 Å². The maximum Gasteiger partial charge on any atom is 0.119 e. The smallest absolute Gasteiger partial charge is 0.119 e. The van der Waals surface area contributed by atoms with E-state index in [1.54, 1.807) is 0 Å². The fourth-order valence-corrected chi connectivity index (χ4v) is 1.88. The molecule has 0 unspecified atom stereocenters. The normalized spacial score (nSPS) is 10.4. The minimum absolute atomic E-state index is 0.571.